The van der Waals surface area contributed by atoms with Gasteiger partial charge in [0, 0.05) is 42.4 Å². The highest BCUT2D eigenvalue weighted by Crippen LogP contribution is 2.55. The Kier molecular flexibility index (Phi) is 4.01. The number of ether oxygens (including phenoxy) is 2. The van der Waals surface area contributed by atoms with E-state index in [0.717, 1.165) is 38.3 Å². The molecule has 2 saturated heterocycles. The van der Waals surface area contributed by atoms with Crippen molar-refractivity contribution in [1.29, 1.82) is 0 Å². The zero-order chi connectivity index (χ0) is 19.6. The molecule has 28 heavy (non-hydrogen) atoms. The molecule has 2 amide bonds. The lowest BCUT2D eigenvalue weighted by atomic mass is 9.60. The van der Waals surface area contributed by atoms with Gasteiger partial charge in [-0.2, -0.15) is 0 Å². The Hall–Kier alpha value is -1.72. The molecule has 3 aliphatic heterocycles. The number of hydrogen-bond donors (Lipinski definition) is 0. The zero-order valence-electron chi connectivity index (χ0n) is 17.2. The normalized spacial score (nSPS) is 41.9. The Labute approximate surface area is 167 Å². The van der Waals surface area contributed by atoms with Crippen LogP contribution in [-0.2, 0) is 19.1 Å². The largest absolute Gasteiger partial charge is 0.494 e. The summed E-state index contributed by atoms with van der Waals surface area (Å²) >= 11 is 0. The van der Waals surface area contributed by atoms with Gasteiger partial charge in [0.2, 0.25) is 11.7 Å². The van der Waals surface area contributed by atoms with Crippen molar-refractivity contribution >= 4 is 11.8 Å². The predicted molar refractivity (Wildman–Crippen MR) is 103 cm³/mol. The Morgan fingerprint density at radius 2 is 1.50 bits per heavy atom. The first-order valence-corrected chi connectivity index (χ1v) is 10.9. The van der Waals surface area contributed by atoms with Crippen molar-refractivity contribution in [3.8, 4) is 0 Å². The van der Waals surface area contributed by atoms with E-state index in [-0.39, 0.29) is 22.2 Å². The number of nitrogens with zero attached hydrogens (tertiary/aromatic N) is 2. The number of amides is 2. The summed E-state index contributed by atoms with van der Waals surface area (Å²) in [6, 6.07) is 0. The highest BCUT2D eigenvalue weighted by atomic mass is 16.6. The Balaban J connectivity index is 1.30. The number of carbonyl (C=O) groups excluding carboxylic acids is 2. The van der Waals surface area contributed by atoms with Crippen LogP contribution in [0.3, 0.4) is 0 Å². The second-order valence-corrected chi connectivity index (χ2v) is 10.4. The maximum Gasteiger partial charge on any atom is 0.292 e. The van der Waals surface area contributed by atoms with Gasteiger partial charge in [-0.25, -0.2) is 0 Å². The molecular weight excluding hydrogens is 356 g/mol. The van der Waals surface area contributed by atoms with Crippen molar-refractivity contribution in [3.05, 3.63) is 12.0 Å². The van der Waals surface area contributed by atoms with Gasteiger partial charge in [0.1, 0.15) is 19.5 Å². The molecule has 6 nitrogen and oxygen atoms in total. The molecule has 0 radical (unpaired) electrons. The van der Waals surface area contributed by atoms with E-state index >= 15 is 0 Å². The van der Waals surface area contributed by atoms with Gasteiger partial charge >= 0.3 is 0 Å². The van der Waals surface area contributed by atoms with Crippen LogP contribution in [0.2, 0.25) is 0 Å². The Morgan fingerprint density at radius 3 is 2.04 bits per heavy atom. The van der Waals surface area contributed by atoms with Gasteiger partial charge < -0.3 is 19.3 Å². The Bertz CT molecular complexity index is 692. The summed E-state index contributed by atoms with van der Waals surface area (Å²) in [6.07, 6.45) is 8.37. The number of fused-ring (bicyclic) bond motifs is 4. The molecule has 0 unspecified atom stereocenters. The van der Waals surface area contributed by atoms with Gasteiger partial charge in [-0.05, 0) is 44.4 Å². The van der Waals surface area contributed by atoms with Gasteiger partial charge in [0.05, 0.1) is 0 Å². The van der Waals surface area contributed by atoms with Crippen LogP contribution in [0.1, 0.15) is 52.4 Å². The molecule has 0 spiro atoms. The van der Waals surface area contributed by atoms with E-state index in [0.29, 0.717) is 38.0 Å². The molecule has 0 aromatic carbocycles. The van der Waals surface area contributed by atoms with Gasteiger partial charge in [0.25, 0.3) is 5.91 Å². The molecule has 0 aromatic rings. The molecule has 6 rings (SSSR count). The first kappa shape index (κ1) is 18.3. The fraction of sp³-hybridized carbons (Fsp3) is 0.818. The maximum atomic E-state index is 13.6. The second kappa shape index (κ2) is 6.14. The molecular formula is C22H32N2O4. The predicted octanol–water partition coefficient (Wildman–Crippen LogP) is 2.54. The Morgan fingerprint density at radius 1 is 0.929 bits per heavy atom. The number of likely N-dealkylation sites (tertiary alicyclic amines) is 2. The van der Waals surface area contributed by atoms with E-state index in [9.17, 15) is 9.59 Å². The van der Waals surface area contributed by atoms with Crippen molar-refractivity contribution in [2.75, 3.05) is 39.4 Å². The molecule has 6 aliphatic rings. The molecule has 154 valence electrons. The summed E-state index contributed by atoms with van der Waals surface area (Å²) in [7, 11) is 0. The number of rotatable bonds is 2. The van der Waals surface area contributed by atoms with Crippen molar-refractivity contribution < 1.29 is 19.1 Å². The minimum absolute atomic E-state index is 0.0725. The standard InChI is InChI=1S/C22H32N2O4/c1-20-12-23(18(25)17-11-27-9-10-28-17)13-21(20,2)15-24(14-20)19(26)22-6-3-16(4-7-22)5-8-22/h11,16H,3-10,12-15H2,1-2H3/t16?,20-,21+,22?. The van der Waals surface area contributed by atoms with Crippen molar-refractivity contribution in [1.82, 2.24) is 9.80 Å². The molecule has 3 aliphatic carbocycles. The van der Waals surface area contributed by atoms with Crippen LogP contribution in [0, 0.1) is 22.2 Å². The fourth-order valence-corrected chi connectivity index (χ4v) is 6.49. The van der Waals surface area contributed by atoms with Gasteiger partial charge in [-0.3, -0.25) is 9.59 Å². The van der Waals surface area contributed by atoms with E-state index < -0.39 is 0 Å². The van der Waals surface area contributed by atoms with Crippen LogP contribution < -0.4 is 0 Å². The van der Waals surface area contributed by atoms with Crippen molar-refractivity contribution in [2.45, 2.75) is 52.4 Å². The summed E-state index contributed by atoms with van der Waals surface area (Å²) in [5, 5.41) is 0. The first-order valence-electron chi connectivity index (χ1n) is 10.9. The second-order valence-electron chi connectivity index (χ2n) is 10.4. The van der Waals surface area contributed by atoms with Gasteiger partial charge in [0.15, 0.2) is 0 Å². The van der Waals surface area contributed by atoms with Crippen molar-refractivity contribution in [3.63, 3.8) is 0 Å². The average Bonchev–Trinajstić information content (AvgIpc) is 3.13. The third kappa shape index (κ3) is 2.59. The highest BCUT2D eigenvalue weighted by molar-refractivity contribution is 5.92. The van der Waals surface area contributed by atoms with Crippen LogP contribution in [0.15, 0.2) is 12.0 Å². The molecule has 0 N–H and O–H groups in total. The summed E-state index contributed by atoms with van der Waals surface area (Å²) in [6.45, 7) is 8.26. The van der Waals surface area contributed by atoms with E-state index in [2.05, 4.69) is 18.7 Å². The van der Waals surface area contributed by atoms with Crippen LogP contribution >= 0.6 is 0 Å². The fourth-order valence-electron chi connectivity index (χ4n) is 6.49. The van der Waals surface area contributed by atoms with Gasteiger partial charge in [-0.1, -0.05) is 13.8 Å². The molecule has 2 bridgehead atoms. The van der Waals surface area contributed by atoms with E-state index in [1.807, 2.05) is 4.90 Å². The lowest BCUT2D eigenvalue weighted by molar-refractivity contribution is -0.148. The monoisotopic (exact) mass is 388 g/mol. The summed E-state index contributed by atoms with van der Waals surface area (Å²) in [4.78, 5) is 30.5. The summed E-state index contributed by atoms with van der Waals surface area (Å²) in [5.41, 5.74) is -0.235. The third-order valence-electron chi connectivity index (χ3n) is 8.60. The lowest BCUT2D eigenvalue weighted by Crippen LogP contribution is -2.49. The van der Waals surface area contributed by atoms with E-state index in [1.54, 1.807) is 0 Å². The molecule has 0 aromatic heterocycles. The first-order chi connectivity index (χ1) is 13.3. The number of hydrogen-bond acceptors (Lipinski definition) is 4. The van der Waals surface area contributed by atoms with Crippen LogP contribution in [0.5, 0.6) is 0 Å². The minimum Gasteiger partial charge on any atom is -0.494 e. The van der Waals surface area contributed by atoms with E-state index in [1.165, 1.54) is 25.5 Å². The average molecular weight is 389 g/mol. The molecule has 3 saturated carbocycles. The summed E-state index contributed by atoms with van der Waals surface area (Å²) in [5.74, 6) is 1.48. The third-order valence-corrected chi connectivity index (χ3v) is 8.60. The molecule has 5 fully saturated rings. The SMILES string of the molecule is C[C@@]12CN(C(=O)C3=COCCO3)C[C@]1(C)CN(C(=O)C13CCC(CC1)CC3)C2. The van der Waals surface area contributed by atoms with Crippen LogP contribution in [0.25, 0.3) is 0 Å². The van der Waals surface area contributed by atoms with Crippen molar-refractivity contribution in [2.24, 2.45) is 22.2 Å². The minimum atomic E-state index is -0.0896. The maximum absolute atomic E-state index is 13.6. The van der Waals surface area contributed by atoms with Crippen LogP contribution in [0.4, 0.5) is 0 Å². The van der Waals surface area contributed by atoms with Gasteiger partial charge in [-0.15, -0.1) is 0 Å². The molecule has 3 heterocycles. The lowest BCUT2D eigenvalue weighted by Gasteiger charge is -2.47. The smallest absolute Gasteiger partial charge is 0.292 e. The molecule has 6 heteroatoms. The topological polar surface area (TPSA) is 59.1 Å². The quantitative estimate of drug-likeness (QED) is 0.729. The number of carbonyl (C=O) groups is 2. The molecule has 2 atom stereocenters. The highest BCUT2D eigenvalue weighted by Gasteiger charge is 2.61. The zero-order valence-corrected chi connectivity index (χ0v) is 17.2. The summed E-state index contributed by atoms with van der Waals surface area (Å²) < 4.78 is 10.8. The van der Waals surface area contributed by atoms with Crippen LogP contribution in [-0.4, -0.2) is 61.0 Å². The van der Waals surface area contributed by atoms with E-state index in [4.69, 9.17) is 9.47 Å².